The topological polar surface area (TPSA) is 21.3 Å². The van der Waals surface area contributed by atoms with E-state index in [0.29, 0.717) is 0 Å². The minimum absolute atomic E-state index is 1.08. The SMILES string of the molecule is CCCCCCCCNC[Si](C)(C)OC. The third-order valence-electron chi connectivity index (χ3n) is 2.81. The van der Waals surface area contributed by atoms with Gasteiger partial charge >= 0.3 is 0 Å². The van der Waals surface area contributed by atoms with Gasteiger partial charge in [-0.3, -0.25) is 0 Å². The maximum atomic E-state index is 5.47. The molecule has 0 saturated heterocycles. The Morgan fingerprint density at radius 2 is 1.60 bits per heavy atom. The van der Waals surface area contributed by atoms with E-state index >= 15 is 0 Å². The summed E-state index contributed by atoms with van der Waals surface area (Å²) in [6.07, 6.45) is 9.33. The van der Waals surface area contributed by atoms with Crippen molar-refractivity contribution in [3.8, 4) is 0 Å². The molecule has 0 saturated carbocycles. The van der Waals surface area contributed by atoms with Crippen molar-refractivity contribution >= 4 is 8.32 Å². The first kappa shape index (κ1) is 15.1. The standard InChI is InChI=1S/C12H29NOSi/c1-5-6-7-8-9-10-11-13-12-15(3,4)14-2/h13H,5-12H2,1-4H3. The van der Waals surface area contributed by atoms with E-state index in [1.165, 1.54) is 38.5 Å². The lowest BCUT2D eigenvalue weighted by molar-refractivity contribution is 0.399. The molecule has 0 radical (unpaired) electrons. The molecule has 92 valence electrons. The van der Waals surface area contributed by atoms with Crippen LogP contribution in [0.15, 0.2) is 0 Å². The minimum Gasteiger partial charge on any atom is -0.419 e. The highest BCUT2D eigenvalue weighted by Crippen LogP contribution is 2.04. The molecule has 0 amide bonds. The quantitative estimate of drug-likeness (QED) is 0.460. The molecule has 0 aromatic carbocycles. The summed E-state index contributed by atoms with van der Waals surface area (Å²) in [6, 6.07) is 0. The summed E-state index contributed by atoms with van der Waals surface area (Å²) in [7, 11) is 0.462. The predicted octanol–water partition coefficient (Wildman–Crippen LogP) is 3.33. The number of unbranched alkanes of at least 4 members (excludes halogenated alkanes) is 5. The Labute approximate surface area is 96.9 Å². The normalized spacial score (nSPS) is 12.0. The van der Waals surface area contributed by atoms with Gasteiger partial charge in [-0.15, -0.1) is 0 Å². The summed E-state index contributed by atoms with van der Waals surface area (Å²) in [6.45, 7) is 7.92. The zero-order valence-electron chi connectivity index (χ0n) is 11.1. The van der Waals surface area contributed by atoms with Crippen LogP contribution in [0.3, 0.4) is 0 Å². The molecule has 0 spiro atoms. The van der Waals surface area contributed by atoms with Gasteiger partial charge in [-0.2, -0.15) is 0 Å². The zero-order valence-corrected chi connectivity index (χ0v) is 12.1. The monoisotopic (exact) mass is 231 g/mol. The number of rotatable bonds is 10. The Kier molecular flexibility index (Phi) is 9.45. The van der Waals surface area contributed by atoms with Crippen LogP contribution in [0.4, 0.5) is 0 Å². The number of hydrogen-bond acceptors (Lipinski definition) is 2. The van der Waals surface area contributed by atoms with Crippen LogP contribution in [-0.2, 0) is 4.43 Å². The molecule has 0 aliphatic rings. The Balaban J connectivity index is 3.11. The molecule has 0 bridgehead atoms. The Morgan fingerprint density at radius 1 is 1.00 bits per heavy atom. The maximum Gasteiger partial charge on any atom is 0.199 e. The molecule has 2 nitrogen and oxygen atoms in total. The summed E-state index contributed by atoms with van der Waals surface area (Å²) in [5.41, 5.74) is 0. The van der Waals surface area contributed by atoms with Crippen LogP contribution in [0.1, 0.15) is 45.4 Å². The third-order valence-corrected chi connectivity index (χ3v) is 5.02. The van der Waals surface area contributed by atoms with Gasteiger partial charge in [0.2, 0.25) is 0 Å². The molecule has 0 unspecified atom stereocenters. The van der Waals surface area contributed by atoms with Gasteiger partial charge in [0.05, 0.1) is 0 Å². The molecular formula is C12H29NOSi. The van der Waals surface area contributed by atoms with Gasteiger partial charge in [-0.1, -0.05) is 39.0 Å². The van der Waals surface area contributed by atoms with E-state index < -0.39 is 8.32 Å². The van der Waals surface area contributed by atoms with E-state index in [9.17, 15) is 0 Å². The van der Waals surface area contributed by atoms with E-state index in [1.54, 1.807) is 0 Å². The van der Waals surface area contributed by atoms with E-state index in [1.807, 2.05) is 7.11 Å². The van der Waals surface area contributed by atoms with Crippen molar-refractivity contribution in [2.75, 3.05) is 19.8 Å². The van der Waals surface area contributed by atoms with Crippen molar-refractivity contribution in [2.45, 2.75) is 58.5 Å². The molecule has 0 heterocycles. The summed E-state index contributed by atoms with van der Waals surface area (Å²) in [5.74, 6) is 0. The molecule has 0 aliphatic carbocycles. The second-order valence-corrected chi connectivity index (χ2v) is 9.19. The highest BCUT2D eigenvalue weighted by molar-refractivity contribution is 6.71. The van der Waals surface area contributed by atoms with Gasteiger partial charge in [0.15, 0.2) is 8.32 Å². The van der Waals surface area contributed by atoms with Crippen LogP contribution in [0.25, 0.3) is 0 Å². The number of hydrogen-bond donors (Lipinski definition) is 1. The molecule has 1 N–H and O–H groups in total. The van der Waals surface area contributed by atoms with Crippen molar-refractivity contribution in [3.63, 3.8) is 0 Å². The van der Waals surface area contributed by atoms with Crippen molar-refractivity contribution in [1.29, 1.82) is 0 Å². The van der Waals surface area contributed by atoms with E-state index in [4.69, 9.17) is 4.43 Å². The maximum absolute atomic E-state index is 5.47. The van der Waals surface area contributed by atoms with Gasteiger partial charge in [-0.05, 0) is 26.1 Å². The molecule has 0 aliphatic heterocycles. The van der Waals surface area contributed by atoms with Gasteiger partial charge in [0.1, 0.15) is 0 Å². The molecule has 0 rings (SSSR count). The molecule has 0 aromatic rings. The third kappa shape index (κ3) is 10.4. The fraction of sp³-hybridized carbons (Fsp3) is 1.00. The highest BCUT2D eigenvalue weighted by Gasteiger charge is 2.18. The second kappa shape index (κ2) is 9.37. The first-order valence-corrected chi connectivity index (χ1v) is 9.50. The Hall–Kier alpha value is 0.137. The van der Waals surface area contributed by atoms with Crippen molar-refractivity contribution in [2.24, 2.45) is 0 Å². The number of nitrogens with one attached hydrogen (secondary N) is 1. The van der Waals surface area contributed by atoms with Crippen molar-refractivity contribution in [1.82, 2.24) is 5.32 Å². The Bertz CT molecular complexity index is 140. The average molecular weight is 231 g/mol. The molecular weight excluding hydrogens is 202 g/mol. The minimum atomic E-state index is -1.37. The predicted molar refractivity (Wildman–Crippen MR) is 70.7 cm³/mol. The summed E-state index contributed by atoms with van der Waals surface area (Å²) in [4.78, 5) is 0. The highest BCUT2D eigenvalue weighted by atomic mass is 28.4. The van der Waals surface area contributed by atoms with Crippen molar-refractivity contribution in [3.05, 3.63) is 0 Å². The van der Waals surface area contributed by atoms with Crippen LogP contribution in [0.2, 0.25) is 13.1 Å². The van der Waals surface area contributed by atoms with Crippen LogP contribution in [0, 0.1) is 0 Å². The van der Waals surface area contributed by atoms with Crippen LogP contribution >= 0.6 is 0 Å². The lowest BCUT2D eigenvalue weighted by Crippen LogP contribution is -2.42. The van der Waals surface area contributed by atoms with E-state index in [-0.39, 0.29) is 0 Å². The average Bonchev–Trinajstić information content (AvgIpc) is 2.22. The van der Waals surface area contributed by atoms with E-state index in [0.717, 1.165) is 12.7 Å². The summed E-state index contributed by atoms with van der Waals surface area (Å²) < 4.78 is 5.47. The van der Waals surface area contributed by atoms with Gasteiger partial charge < -0.3 is 9.74 Å². The Morgan fingerprint density at radius 3 is 2.20 bits per heavy atom. The molecule has 0 fully saturated rings. The summed E-state index contributed by atoms with van der Waals surface area (Å²) in [5, 5.41) is 3.50. The lowest BCUT2D eigenvalue weighted by Gasteiger charge is -2.20. The first-order valence-electron chi connectivity index (χ1n) is 6.38. The first-order chi connectivity index (χ1) is 7.12. The second-order valence-electron chi connectivity index (χ2n) is 4.91. The summed E-state index contributed by atoms with van der Waals surface area (Å²) >= 11 is 0. The van der Waals surface area contributed by atoms with Crippen LogP contribution < -0.4 is 5.32 Å². The fourth-order valence-corrected chi connectivity index (χ4v) is 2.42. The van der Waals surface area contributed by atoms with Gasteiger partial charge in [0.25, 0.3) is 0 Å². The molecule has 0 atom stereocenters. The fourth-order valence-electron chi connectivity index (χ4n) is 1.49. The zero-order chi connectivity index (χ0) is 11.6. The smallest absolute Gasteiger partial charge is 0.199 e. The van der Waals surface area contributed by atoms with Gasteiger partial charge in [-0.25, -0.2) is 0 Å². The van der Waals surface area contributed by atoms with E-state index in [2.05, 4.69) is 25.3 Å². The largest absolute Gasteiger partial charge is 0.419 e. The lowest BCUT2D eigenvalue weighted by atomic mass is 10.1. The van der Waals surface area contributed by atoms with Gasteiger partial charge in [0, 0.05) is 13.3 Å². The molecule has 0 aromatic heterocycles. The molecule has 3 heteroatoms. The van der Waals surface area contributed by atoms with Crippen LogP contribution in [0.5, 0.6) is 0 Å². The van der Waals surface area contributed by atoms with Crippen LogP contribution in [-0.4, -0.2) is 28.1 Å². The van der Waals surface area contributed by atoms with Crippen molar-refractivity contribution < 1.29 is 4.43 Å². The molecule has 15 heavy (non-hydrogen) atoms.